The Morgan fingerprint density at radius 2 is 2.00 bits per heavy atom. The molecule has 0 atom stereocenters. The van der Waals surface area contributed by atoms with Crippen LogP contribution in [0.3, 0.4) is 0 Å². The van der Waals surface area contributed by atoms with E-state index in [1.165, 1.54) is 5.56 Å². The molecule has 1 saturated heterocycles. The molecule has 0 bridgehead atoms. The number of hydrogen-bond acceptors (Lipinski definition) is 5. The third-order valence-electron chi connectivity index (χ3n) is 4.95. The van der Waals surface area contributed by atoms with Crippen molar-refractivity contribution >= 4 is 11.8 Å². The Hall–Kier alpha value is -2.50. The van der Waals surface area contributed by atoms with E-state index in [0.29, 0.717) is 18.7 Å². The van der Waals surface area contributed by atoms with Crippen LogP contribution in [0.15, 0.2) is 24.4 Å². The van der Waals surface area contributed by atoms with E-state index in [4.69, 9.17) is 9.97 Å². The maximum Gasteiger partial charge on any atom is 0.306 e. The lowest BCUT2D eigenvalue weighted by molar-refractivity contribution is -0.142. The van der Waals surface area contributed by atoms with Crippen LogP contribution in [0.2, 0.25) is 0 Å². The van der Waals surface area contributed by atoms with Crippen LogP contribution in [0.4, 0.5) is 5.82 Å². The summed E-state index contributed by atoms with van der Waals surface area (Å²) < 4.78 is 0. The molecule has 2 aromatic heterocycles. The van der Waals surface area contributed by atoms with Crippen LogP contribution in [0.5, 0.6) is 0 Å². The Balaban J connectivity index is 1.68. The van der Waals surface area contributed by atoms with Crippen LogP contribution >= 0.6 is 0 Å². The van der Waals surface area contributed by atoms with E-state index in [2.05, 4.69) is 9.88 Å². The Labute approximate surface area is 140 Å². The first-order chi connectivity index (χ1) is 11.7. The normalized spacial score (nSPS) is 17.8. The third-order valence-corrected chi connectivity index (χ3v) is 4.95. The zero-order chi connectivity index (χ0) is 16.5. The number of aromatic nitrogens is 3. The Kier molecular flexibility index (Phi) is 3.88. The van der Waals surface area contributed by atoms with E-state index >= 15 is 0 Å². The zero-order valence-corrected chi connectivity index (χ0v) is 13.5. The lowest BCUT2D eigenvalue weighted by Gasteiger charge is -2.32. The summed E-state index contributed by atoms with van der Waals surface area (Å²) in [5.41, 5.74) is 3.15. The highest BCUT2D eigenvalue weighted by atomic mass is 16.4. The molecular weight excluding hydrogens is 304 g/mol. The molecule has 1 N–H and O–H groups in total. The minimum absolute atomic E-state index is 0.230. The van der Waals surface area contributed by atoms with Gasteiger partial charge in [0.15, 0.2) is 5.82 Å². The third kappa shape index (κ3) is 2.72. The van der Waals surface area contributed by atoms with Gasteiger partial charge in [-0.05, 0) is 44.2 Å². The van der Waals surface area contributed by atoms with Crippen molar-refractivity contribution in [3.8, 4) is 11.5 Å². The van der Waals surface area contributed by atoms with Crippen molar-refractivity contribution in [1.82, 2.24) is 15.0 Å². The van der Waals surface area contributed by atoms with Gasteiger partial charge >= 0.3 is 5.97 Å². The molecule has 0 radical (unpaired) electrons. The molecule has 1 aliphatic carbocycles. The molecule has 1 aliphatic heterocycles. The summed E-state index contributed by atoms with van der Waals surface area (Å²) in [6.07, 6.45) is 6.20. The Morgan fingerprint density at radius 3 is 2.71 bits per heavy atom. The first-order valence-electron chi connectivity index (χ1n) is 8.51. The zero-order valence-electron chi connectivity index (χ0n) is 13.5. The highest BCUT2D eigenvalue weighted by Gasteiger charge is 2.29. The number of aryl methyl sites for hydroxylation is 1. The molecule has 6 heteroatoms. The fourth-order valence-electron chi connectivity index (χ4n) is 3.62. The van der Waals surface area contributed by atoms with Crippen LogP contribution in [-0.2, 0) is 17.6 Å². The lowest BCUT2D eigenvalue weighted by atomic mass is 9.97. The standard InChI is InChI=1S/C18H20N4O2/c23-18(24)12-7-10-22(11-8-12)17-13-4-3-6-14(13)20-16(21-17)15-5-1-2-9-19-15/h1-2,5,9,12H,3-4,6-8,10-11H2,(H,23,24). The number of carboxylic acid groups (broad SMARTS) is 1. The SMILES string of the molecule is O=C(O)C1CCN(c2nc(-c3ccccn3)nc3c2CCC3)CC1. The molecule has 0 aromatic carbocycles. The first kappa shape index (κ1) is 15.1. The molecule has 2 aliphatic rings. The largest absolute Gasteiger partial charge is 0.481 e. The summed E-state index contributed by atoms with van der Waals surface area (Å²) in [6.45, 7) is 1.48. The van der Waals surface area contributed by atoms with Crippen molar-refractivity contribution in [1.29, 1.82) is 0 Å². The van der Waals surface area contributed by atoms with Crippen LogP contribution < -0.4 is 4.90 Å². The fraction of sp³-hybridized carbons (Fsp3) is 0.444. The van der Waals surface area contributed by atoms with E-state index in [0.717, 1.165) is 49.6 Å². The van der Waals surface area contributed by atoms with Crippen LogP contribution in [0, 0.1) is 5.92 Å². The van der Waals surface area contributed by atoms with Gasteiger partial charge in [-0.25, -0.2) is 9.97 Å². The van der Waals surface area contributed by atoms with Crippen LogP contribution in [-0.4, -0.2) is 39.1 Å². The van der Waals surface area contributed by atoms with Crippen molar-refractivity contribution in [3.05, 3.63) is 35.7 Å². The van der Waals surface area contributed by atoms with E-state index in [1.807, 2.05) is 18.2 Å². The summed E-state index contributed by atoms with van der Waals surface area (Å²) in [7, 11) is 0. The summed E-state index contributed by atoms with van der Waals surface area (Å²) in [4.78, 5) is 27.3. The van der Waals surface area contributed by atoms with Gasteiger partial charge in [0.25, 0.3) is 0 Å². The molecule has 0 amide bonds. The molecule has 24 heavy (non-hydrogen) atoms. The van der Waals surface area contributed by atoms with Crippen molar-refractivity contribution in [2.75, 3.05) is 18.0 Å². The van der Waals surface area contributed by atoms with Crippen LogP contribution in [0.1, 0.15) is 30.5 Å². The van der Waals surface area contributed by atoms with Crippen molar-refractivity contribution < 1.29 is 9.90 Å². The number of pyridine rings is 1. The molecule has 124 valence electrons. The molecule has 0 unspecified atom stereocenters. The van der Waals surface area contributed by atoms with E-state index in [1.54, 1.807) is 6.20 Å². The molecule has 1 fully saturated rings. The smallest absolute Gasteiger partial charge is 0.306 e. The number of rotatable bonds is 3. The number of carboxylic acids is 1. The topological polar surface area (TPSA) is 79.2 Å². The van der Waals surface area contributed by atoms with Crippen LogP contribution in [0.25, 0.3) is 11.5 Å². The maximum absolute atomic E-state index is 11.2. The number of carbonyl (C=O) groups is 1. The van der Waals surface area contributed by atoms with Gasteiger partial charge < -0.3 is 10.0 Å². The second-order valence-corrected chi connectivity index (χ2v) is 6.46. The predicted octanol–water partition coefficient (Wildman–Crippen LogP) is 2.33. The van der Waals surface area contributed by atoms with Gasteiger partial charge in [-0.1, -0.05) is 6.07 Å². The van der Waals surface area contributed by atoms with Gasteiger partial charge in [-0.15, -0.1) is 0 Å². The Bertz CT molecular complexity index is 755. The number of aliphatic carboxylic acids is 1. The van der Waals surface area contributed by atoms with Crippen molar-refractivity contribution in [2.24, 2.45) is 5.92 Å². The number of fused-ring (bicyclic) bond motifs is 1. The minimum Gasteiger partial charge on any atom is -0.481 e. The van der Waals surface area contributed by atoms with Crippen molar-refractivity contribution in [3.63, 3.8) is 0 Å². The molecule has 0 spiro atoms. The van der Waals surface area contributed by atoms with Gasteiger partial charge in [-0.3, -0.25) is 9.78 Å². The molecule has 2 aromatic rings. The Morgan fingerprint density at radius 1 is 1.17 bits per heavy atom. The molecule has 3 heterocycles. The average Bonchev–Trinajstić information content (AvgIpc) is 3.10. The van der Waals surface area contributed by atoms with Gasteiger partial charge in [0, 0.05) is 30.5 Å². The highest BCUT2D eigenvalue weighted by molar-refractivity contribution is 5.70. The molecule has 0 saturated carbocycles. The maximum atomic E-state index is 11.2. The van der Waals surface area contributed by atoms with Gasteiger partial charge in [0.2, 0.25) is 0 Å². The number of hydrogen-bond donors (Lipinski definition) is 1. The monoisotopic (exact) mass is 324 g/mol. The lowest BCUT2D eigenvalue weighted by Crippen LogP contribution is -2.37. The summed E-state index contributed by atoms with van der Waals surface area (Å²) in [5, 5.41) is 9.19. The number of nitrogens with zero attached hydrogens (tertiary/aromatic N) is 4. The highest BCUT2D eigenvalue weighted by Crippen LogP contribution is 2.33. The quantitative estimate of drug-likeness (QED) is 0.933. The minimum atomic E-state index is -0.684. The fourth-order valence-corrected chi connectivity index (χ4v) is 3.62. The van der Waals surface area contributed by atoms with Gasteiger partial charge in [0.05, 0.1) is 5.92 Å². The van der Waals surface area contributed by atoms with E-state index < -0.39 is 5.97 Å². The van der Waals surface area contributed by atoms with Gasteiger partial charge in [0.1, 0.15) is 11.5 Å². The number of anilines is 1. The summed E-state index contributed by atoms with van der Waals surface area (Å²) in [5.74, 6) is 0.747. The van der Waals surface area contributed by atoms with Gasteiger partial charge in [-0.2, -0.15) is 0 Å². The van der Waals surface area contributed by atoms with E-state index in [-0.39, 0.29) is 5.92 Å². The second kappa shape index (κ2) is 6.19. The molecule has 4 rings (SSSR count). The number of piperidine rings is 1. The summed E-state index contributed by atoms with van der Waals surface area (Å²) >= 11 is 0. The predicted molar refractivity (Wildman–Crippen MR) is 89.9 cm³/mol. The molecular formula is C18H20N4O2. The average molecular weight is 324 g/mol. The molecule has 6 nitrogen and oxygen atoms in total. The van der Waals surface area contributed by atoms with E-state index in [9.17, 15) is 9.90 Å². The summed E-state index contributed by atoms with van der Waals surface area (Å²) in [6, 6.07) is 5.75. The first-order valence-corrected chi connectivity index (χ1v) is 8.51. The van der Waals surface area contributed by atoms with Crippen molar-refractivity contribution in [2.45, 2.75) is 32.1 Å². The second-order valence-electron chi connectivity index (χ2n) is 6.46.